The molecule has 0 bridgehead atoms. The van der Waals surface area contributed by atoms with Gasteiger partial charge in [0.05, 0.1) is 7.11 Å². The number of aliphatic hydroxyl groups excluding tert-OH is 1. The summed E-state index contributed by atoms with van der Waals surface area (Å²) in [6, 6.07) is 15.6. The molecule has 2 aromatic carbocycles. The van der Waals surface area contributed by atoms with E-state index in [1.807, 2.05) is 49.4 Å². The van der Waals surface area contributed by atoms with Crippen molar-refractivity contribution in [1.82, 2.24) is 0 Å². The molecule has 0 saturated heterocycles. The van der Waals surface area contributed by atoms with Gasteiger partial charge in [-0.1, -0.05) is 23.8 Å². The lowest BCUT2D eigenvalue weighted by Gasteiger charge is -2.08. The van der Waals surface area contributed by atoms with Crippen LogP contribution in [-0.2, 0) is 6.42 Å². The Morgan fingerprint density at radius 1 is 1.14 bits per heavy atom. The Morgan fingerprint density at radius 2 is 2.00 bits per heavy atom. The lowest BCUT2D eigenvalue weighted by molar-refractivity contribution is 0.152. The van der Waals surface area contributed by atoms with Gasteiger partial charge in [0.25, 0.3) is 0 Å². The van der Waals surface area contributed by atoms with Crippen molar-refractivity contribution in [2.75, 3.05) is 7.11 Å². The molecule has 0 amide bonds. The number of hydrogen-bond donors (Lipinski definition) is 1. The van der Waals surface area contributed by atoms with E-state index >= 15 is 0 Å². The normalized spacial score (nSPS) is 12.5. The zero-order valence-corrected chi connectivity index (χ0v) is 12.2. The molecule has 0 radical (unpaired) electrons. The Morgan fingerprint density at radius 3 is 2.81 bits per heavy atom. The topological polar surface area (TPSA) is 42.6 Å². The number of methoxy groups -OCH3 is 1. The van der Waals surface area contributed by atoms with E-state index in [1.54, 1.807) is 7.11 Å². The Hall–Kier alpha value is -2.26. The highest BCUT2D eigenvalue weighted by Crippen LogP contribution is 2.27. The van der Waals surface area contributed by atoms with Crippen LogP contribution in [0, 0.1) is 6.92 Å². The van der Waals surface area contributed by atoms with Crippen molar-refractivity contribution in [3.63, 3.8) is 0 Å². The van der Waals surface area contributed by atoms with Gasteiger partial charge in [-0.05, 0) is 42.8 Å². The summed E-state index contributed by atoms with van der Waals surface area (Å²) >= 11 is 0. The number of fused-ring (bicyclic) bond motifs is 1. The maximum Gasteiger partial charge on any atom is 0.134 e. The minimum Gasteiger partial charge on any atom is -0.497 e. The second-order valence-corrected chi connectivity index (χ2v) is 5.26. The van der Waals surface area contributed by atoms with Crippen LogP contribution in [0.25, 0.3) is 11.0 Å². The molecule has 0 fully saturated rings. The van der Waals surface area contributed by atoms with Crippen molar-refractivity contribution < 1.29 is 14.3 Å². The monoisotopic (exact) mass is 282 g/mol. The average Bonchev–Trinajstić information content (AvgIpc) is 2.90. The summed E-state index contributed by atoms with van der Waals surface area (Å²) in [4.78, 5) is 0. The smallest absolute Gasteiger partial charge is 0.134 e. The average molecular weight is 282 g/mol. The first-order valence-electron chi connectivity index (χ1n) is 6.97. The molecular formula is C18H18O3. The zero-order chi connectivity index (χ0) is 14.8. The molecule has 0 aliphatic rings. The molecule has 0 aliphatic heterocycles. The van der Waals surface area contributed by atoms with Gasteiger partial charge >= 0.3 is 0 Å². The molecular weight excluding hydrogens is 264 g/mol. The molecule has 21 heavy (non-hydrogen) atoms. The van der Waals surface area contributed by atoms with Crippen LogP contribution in [0.3, 0.4) is 0 Å². The fourth-order valence-electron chi connectivity index (χ4n) is 2.47. The Labute approximate surface area is 123 Å². The molecule has 1 unspecified atom stereocenters. The minimum absolute atomic E-state index is 0.496. The van der Waals surface area contributed by atoms with E-state index in [0.717, 1.165) is 22.3 Å². The van der Waals surface area contributed by atoms with Crippen molar-refractivity contribution in [2.24, 2.45) is 0 Å². The summed E-state index contributed by atoms with van der Waals surface area (Å²) in [6.07, 6.45) is -0.166. The number of aliphatic hydroxyl groups is 1. The van der Waals surface area contributed by atoms with E-state index in [-0.39, 0.29) is 0 Å². The molecule has 1 aromatic heterocycles. The maximum atomic E-state index is 10.4. The van der Waals surface area contributed by atoms with Crippen molar-refractivity contribution >= 4 is 11.0 Å². The summed E-state index contributed by atoms with van der Waals surface area (Å²) in [5, 5.41) is 11.4. The van der Waals surface area contributed by atoms with E-state index < -0.39 is 6.10 Å². The van der Waals surface area contributed by atoms with Crippen LogP contribution in [0.1, 0.15) is 23.0 Å². The minimum atomic E-state index is -0.662. The Bertz CT molecular complexity index is 758. The maximum absolute atomic E-state index is 10.4. The number of aryl methyl sites for hydroxylation is 1. The number of furan rings is 1. The van der Waals surface area contributed by atoms with E-state index in [9.17, 15) is 5.11 Å². The summed E-state index contributed by atoms with van der Waals surface area (Å²) in [7, 11) is 1.64. The van der Waals surface area contributed by atoms with Crippen molar-refractivity contribution in [2.45, 2.75) is 19.4 Å². The summed E-state index contributed by atoms with van der Waals surface area (Å²) in [5.41, 5.74) is 3.00. The molecule has 1 atom stereocenters. The van der Waals surface area contributed by atoms with Crippen molar-refractivity contribution in [1.29, 1.82) is 0 Å². The predicted octanol–water partition coefficient (Wildman–Crippen LogP) is 4.03. The van der Waals surface area contributed by atoms with Crippen LogP contribution in [-0.4, -0.2) is 12.2 Å². The summed E-state index contributed by atoms with van der Waals surface area (Å²) in [6.45, 7) is 2.04. The fourth-order valence-corrected chi connectivity index (χ4v) is 2.47. The lowest BCUT2D eigenvalue weighted by Crippen LogP contribution is -2.00. The summed E-state index contributed by atoms with van der Waals surface area (Å²) < 4.78 is 10.9. The largest absolute Gasteiger partial charge is 0.497 e. The number of rotatable bonds is 4. The number of ether oxygens (including phenoxy) is 1. The first-order valence-corrected chi connectivity index (χ1v) is 6.97. The zero-order valence-electron chi connectivity index (χ0n) is 12.2. The van der Waals surface area contributed by atoms with Crippen LogP contribution >= 0.6 is 0 Å². The predicted molar refractivity (Wildman–Crippen MR) is 82.6 cm³/mol. The van der Waals surface area contributed by atoms with Gasteiger partial charge in [0.2, 0.25) is 0 Å². The first-order chi connectivity index (χ1) is 10.2. The second kappa shape index (κ2) is 5.62. The molecule has 0 spiro atoms. The van der Waals surface area contributed by atoms with Gasteiger partial charge in [-0.25, -0.2) is 0 Å². The highest BCUT2D eigenvalue weighted by molar-refractivity contribution is 5.78. The highest BCUT2D eigenvalue weighted by Gasteiger charge is 2.14. The van der Waals surface area contributed by atoms with Gasteiger partial charge in [-0.3, -0.25) is 0 Å². The van der Waals surface area contributed by atoms with E-state index in [1.165, 1.54) is 5.56 Å². The van der Waals surface area contributed by atoms with Crippen LogP contribution in [0.4, 0.5) is 0 Å². The molecule has 1 N–H and O–H groups in total. The van der Waals surface area contributed by atoms with Gasteiger partial charge < -0.3 is 14.3 Å². The molecule has 108 valence electrons. The quantitative estimate of drug-likeness (QED) is 0.785. The van der Waals surface area contributed by atoms with Crippen molar-refractivity contribution in [3.05, 3.63) is 65.4 Å². The first kappa shape index (κ1) is 13.7. The van der Waals surface area contributed by atoms with Gasteiger partial charge in [-0.15, -0.1) is 0 Å². The molecule has 3 rings (SSSR count). The molecule has 3 nitrogen and oxygen atoms in total. The van der Waals surface area contributed by atoms with E-state index in [0.29, 0.717) is 12.2 Å². The van der Waals surface area contributed by atoms with Gasteiger partial charge in [0, 0.05) is 11.8 Å². The van der Waals surface area contributed by atoms with Gasteiger partial charge in [0.15, 0.2) is 0 Å². The summed E-state index contributed by atoms with van der Waals surface area (Å²) in [5.74, 6) is 1.39. The van der Waals surface area contributed by atoms with Gasteiger partial charge in [-0.2, -0.15) is 0 Å². The van der Waals surface area contributed by atoms with Crippen molar-refractivity contribution in [3.8, 4) is 5.75 Å². The Kier molecular flexibility index (Phi) is 3.67. The van der Waals surface area contributed by atoms with Crippen LogP contribution in [0.15, 0.2) is 52.9 Å². The lowest BCUT2D eigenvalue weighted by atomic mass is 10.1. The third kappa shape index (κ3) is 2.93. The second-order valence-electron chi connectivity index (χ2n) is 5.26. The number of hydrogen-bond acceptors (Lipinski definition) is 3. The molecule has 3 aromatic rings. The molecule has 0 aliphatic carbocycles. The number of benzene rings is 2. The third-order valence-corrected chi connectivity index (χ3v) is 3.58. The fraction of sp³-hybridized carbons (Fsp3) is 0.222. The van der Waals surface area contributed by atoms with Crippen LogP contribution < -0.4 is 4.74 Å². The Balaban J connectivity index is 1.84. The molecule has 1 heterocycles. The van der Waals surface area contributed by atoms with E-state index in [2.05, 4.69) is 6.07 Å². The van der Waals surface area contributed by atoms with Crippen LogP contribution in [0.5, 0.6) is 5.75 Å². The molecule has 0 saturated carbocycles. The standard InChI is InChI=1S/C18H18O3/c1-12-6-7-17-14(8-12)11-18(21-17)16(19)10-13-4-3-5-15(9-13)20-2/h3-9,11,16,19H,10H2,1-2H3. The van der Waals surface area contributed by atoms with Gasteiger partial charge in [0.1, 0.15) is 23.2 Å². The third-order valence-electron chi connectivity index (χ3n) is 3.58. The van der Waals surface area contributed by atoms with Crippen LogP contribution in [0.2, 0.25) is 0 Å². The molecule has 3 heteroatoms. The SMILES string of the molecule is COc1cccc(CC(O)c2cc3cc(C)ccc3o2)c1. The highest BCUT2D eigenvalue weighted by atomic mass is 16.5. The van der Waals surface area contributed by atoms with E-state index in [4.69, 9.17) is 9.15 Å².